The van der Waals surface area contributed by atoms with E-state index in [-0.39, 0.29) is 17.6 Å². The molecule has 0 fully saturated rings. The van der Waals surface area contributed by atoms with Crippen molar-refractivity contribution in [1.29, 1.82) is 0 Å². The van der Waals surface area contributed by atoms with Crippen LogP contribution in [0.25, 0.3) is 0 Å². The fourth-order valence-corrected chi connectivity index (χ4v) is 2.93. The second-order valence-corrected chi connectivity index (χ2v) is 7.43. The predicted molar refractivity (Wildman–Crippen MR) is 84.3 cm³/mol. The van der Waals surface area contributed by atoms with Gasteiger partial charge in [0.2, 0.25) is 0 Å². The van der Waals surface area contributed by atoms with Crippen molar-refractivity contribution in [3.05, 3.63) is 15.6 Å². The molecule has 2 unspecified atom stereocenters. The maximum Gasteiger partial charge on any atom is 0.0954 e. The molecule has 0 amide bonds. The molecule has 1 rings (SSSR count). The summed E-state index contributed by atoms with van der Waals surface area (Å²) in [5.41, 5.74) is 0.977. The zero-order valence-electron chi connectivity index (χ0n) is 13.5. The Labute approximate surface area is 126 Å². The first-order valence-corrected chi connectivity index (χ1v) is 7.94. The van der Waals surface area contributed by atoms with Crippen molar-refractivity contribution in [3.63, 3.8) is 0 Å². The van der Waals surface area contributed by atoms with Crippen LogP contribution in [-0.4, -0.2) is 36.5 Å². The number of hydrogen-bond acceptors (Lipinski definition) is 5. The minimum absolute atomic E-state index is 0.0981. The van der Waals surface area contributed by atoms with E-state index in [4.69, 9.17) is 4.74 Å². The summed E-state index contributed by atoms with van der Waals surface area (Å²) in [6.07, 6.45) is 0.505. The summed E-state index contributed by atoms with van der Waals surface area (Å²) in [5.74, 6) is 0. The number of thiazole rings is 1. The maximum atomic E-state index is 10.1. The standard InChI is InChI=1S/C15H28N2O2S/c1-10(16-9-12(18)15(3,4)5)14-11(2)17-13(20-14)7-8-19-6/h10,12,16,18H,7-9H2,1-6H3. The molecule has 0 aromatic carbocycles. The van der Waals surface area contributed by atoms with Gasteiger partial charge in [0.15, 0.2) is 0 Å². The fraction of sp³-hybridized carbons (Fsp3) is 0.800. The Morgan fingerprint density at radius 2 is 2.05 bits per heavy atom. The van der Waals surface area contributed by atoms with Crippen LogP contribution in [0.15, 0.2) is 0 Å². The summed E-state index contributed by atoms with van der Waals surface area (Å²) >= 11 is 1.73. The number of hydrogen-bond donors (Lipinski definition) is 2. The Morgan fingerprint density at radius 1 is 1.40 bits per heavy atom. The average Bonchev–Trinajstić information content (AvgIpc) is 2.73. The van der Waals surface area contributed by atoms with E-state index in [1.165, 1.54) is 4.88 Å². The van der Waals surface area contributed by atoms with Gasteiger partial charge in [0, 0.05) is 31.0 Å². The quantitative estimate of drug-likeness (QED) is 0.813. The highest BCUT2D eigenvalue weighted by atomic mass is 32.1. The Balaban J connectivity index is 2.59. The average molecular weight is 300 g/mol. The van der Waals surface area contributed by atoms with E-state index >= 15 is 0 Å². The number of rotatable bonds is 7. The van der Waals surface area contributed by atoms with Crippen LogP contribution in [0.5, 0.6) is 0 Å². The van der Waals surface area contributed by atoms with Crippen LogP contribution in [0, 0.1) is 12.3 Å². The van der Waals surface area contributed by atoms with Gasteiger partial charge in [-0.25, -0.2) is 4.98 Å². The molecule has 4 nitrogen and oxygen atoms in total. The molecule has 1 aromatic rings. The summed E-state index contributed by atoms with van der Waals surface area (Å²) in [6.45, 7) is 11.6. The Bertz CT molecular complexity index is 412. The van der Waals surface area contributed by atoms with E-state index in [2.05, 4.69) is 17.2 Å². The van der Waals surface area contributed by atoms with Gasteiger partial charge in [-0.3, -0.25) is 0 Å². The number of aliphatic hydroxyl groups excluding tert-OH is 1. The van der Waals surface area contributed by atoms with Gasteiger partial charge in [-0.05, 0) is 19.3 Å². The van der Waals surface area contributed by atoms with Gasteiger partial charge in [-0.15, -0.1) is 11.3 Å². The van der Waals surface area contributed by atoms with Gasteiger partial charge < -0.3 is 15.2 Å². The molecule has 1 aromatic heterocycles. The molecular weight excluding hydrogens is 272 g/mol. The molecule has 1 heterocycles. The molecule has 0 saturated carbocycles. The molecule has 0 aliphatic carbocycles. The number of aryl methyl sites for hydroxylation is 1. The molecule has 5 heteroatoms. The van der Waals surface area contributed by atoms with Gasteiger partial charge in [-0.2, -0.15) is 0 Å². The van der Waals surface area contributed by atoms with Crippen LogP contribution < -0.4 is 5.32 Å². The monoisotopic (exact) mass is 300 g/mol. The molecule has 0 spiro atoms. The van der Waals surface area contributed by atoms with Crippen LogP contribution in [-0.2, 0) is 11.2 Å². The second kappa shape index (κ2) is 7.50. The zero-order chi connectivity index (χ0) is 15.3. The summed E-state index contributed by atoms with van der Waals surface area (Å²) in [6, 6.07) is 0.209. The third kappa shape index (κ3) is 5.13. The Hall–Kier alpha value is -0.490. The lowest BCUT2D eigenvalue weighted by molar-refractivity contribution is 0.0610. The summed E-state index contributed by atoms with van der Waals surface area (Å²) in [4.78, 5) is 5.83. The summed E-state index contributed by atoms with van der Waals surface area (Å²) in [7, 11) is 1.71. The normalized spacial score (nSPS) is 15.3. The first kappa shape index (κ1) is 17.6. The first-order chi connectivity index (χ1) is 9.25. The number of methoxy groups -OCH3 is 1. The van der Waals surface area contributed by atoms with Gasteiger partial charge in [0.05, 0.1) is 23.4 Å². The lowest BCUT2D eigenvalue weighted by Crippen LogP contribution is -2.37. The minimum atomic E-state index is -0.355. The molecule has 2 atom stereocenters. The van der Waals surface area contributed by atoms with Gasteiger partial charge in [-0.1, -0.05) is 20.8 Å². The number of aromatic nitrogens is 1. The second-order valence-electron chi connectivity index (χ2n) is 6.31. The van der Waals surface area contributed by atoms with Crippen molar-refractivity contribution >= 4 is 11.3 Å². The highest BCUT2D eigenvalue weighted by Gasteiger charge is 2.23. The van der Waals surface area contributed by atoms with E-state index in [0.717, 1.165) is 17.1 Å². The minimum Gasteiger partial charge on any atom is -0.391 e. The van der Waals surface area contributed by atoms with Crippen molar-refractivity contribution in [2.75, 3.05) is 20.3 Å². The molecule has 0 aliphatic heterocycles. The molecule has 116 valence electrons. The smallest absolute Gasteiger partial charge is 0.0954 e. The largest absolute Gasteiger partial charge is 0.391 e. The SMILES string of the molecule is COCCc1nc(C)c(C(C)NCC(O)C(C)(C)C)s1. The number of aliphatic hydroxyl groups is 1. The molecule has 20 heavy (non-hydrogen) atoms. The van der Waals surface area contributed by atoms with E-state index < -0.39 is 0 Å². The Morgan fingerprint density at radius 3 is 2.60 bits per heavy atom. The van der Waals surface area contributed by atoms with E-state index in [9.17, 15) is 5.11 Å². The first-order valence-electron chi connectivity index (χ1n) is 7.12. The molecule has 0 saturated heterocycles. The number of nitrogens with one attached hydrogen (secondary N) is 1. The van der Waals surface area contributed by atoms with E-state index in [0.29, 0.717) is 13.2 Å². The summed E-state index contributed by atoms with van der Waals surface area (Å²) in [5, 5.41) is 14.6. The van der Waals surface area contributed by atoms with Crippen molar-refractivity contribution in [3.8, 4) is 0 Å². The van der Waals surface area contributed by atoms with Gasteiger partial charge in [0.1, 0.15) is 0 Å². The third-order valence-electron chi connectivity index (χ3n) is 3.41. The molecular formula is C15H28N2O2S. The fourth-order valence-electron chi connectivity index (χ4n) is 1.85. The topological polar surface area (TPSA) is 54.4 Å². The van der Waals surface area contributed by atoms with Gasteiger partial charge >= 0.3 is 0 Å². The highest BCUT2D eigenvalue weighted by molar-refractivity contribution is 7.11. The van der Waals surface area contributed by atoms with E-state index in [1.54, 1.807) is 18.4 Å². The number of nitrogens with zero attached hydrogens (tertiary/aromatic N) is 1. The predicted octanol–water partition coefficient (Wildman–Crippen LogP) is 2.70. The highest BCUT2D eigenvalue weighted by Crippen LogP contribution is 2.26. The molecule has 2 N–H and O–H groups in total. The zero-order valence-corrected chi connectivity index (χ0v) is 14.3. The lowest BCUT2D eigenvalue weighted by atomic mass is 9.89. The van der Waals surface area contributed by atoms with Crippen molar-refractivity contribution in [2.24, 2.45) is 5.41 Å². The summed E-state index contributed by atoms with van der Waals surface area (Å²) < 4.78 is 5.09. The maximum absolute atomic E-state index is 10.1. The molecule has 0 bridgehead atoms. The molecule has 0 aliphatic rings. The van der Waals surface area contributed by atoms with Crippen LogP contribution in [0.1, 0.15) is 49.3 Å². The van der Waals surface area contributed by atoms with Crippen LogP contribution in [0.2, 0.25) is 0 Å². The van der Waals surface area contributed by atoms with Crippen LogP contribution in [0.4, 0.5) is 0 Å². The third-order valence-corrected chi connectivity index (χ3v) is 4.81. The Kier molecular flexibility index (Phi) is 6.58. The van der Waals surface area contributed by atoms with E-state index in [1.807, 2.05) is 27.7 Å². The van der Waals surface area contributed by atoms with Crippen LogP contribution >= 0.6 is 11.3 Å². The van der Waals surface area contributed by atoms with Crippen molar-refractivity contribution in [2.45, 2.75) is 53.2 Å². The van der Waals surface area contributed by atoms with Crippen molar-refractivity contribution in [1.82, 2.24) is 10.3 Å². The number of ether oxygens (including phenoxy) is 1. The molecule has 0 radical (unpaired) electrons. The van der Waals surface area contributed by atoms with Crippen molar-refractivity contribution < 1.29 is 9.84 Å². The van der Waals surface area contributed by atoms with Gasteiger partial charge in [0.25, 0.3) is 0 Å². The lowest BCUT2D eigenvalue weighted by Gasteiger charge is -2.27. The van der Waals surface area contributed by atoms with Crippen LogP contribution in [0.3, 0.4) is 0 Å².